The van der Waals surface area contributed by atoms with Crippen molar-refractivity contribution in [1.29, 1.82) is 0 Å². The monoisotopic (exact) mass is 310 g/mol. The first-order chi connectivity index (χ1) is 9.26. The van der Waals surface area contributed by atoms with Gasteiger partial charge in [-0.15, -0.1) is 0 Å². The normalized spacial score (nSPS) is 7.19. The fourth-order valence-corrected chi connectivity index (χ4v) is 0.345. The molecule has 0 saturated heterocycles. The van der Waals surface area contributed by atoms with E-state index in [2.05, 4.69) is 29.2 Å². The molecule has 0 aliphatic carbocycles. The standard InChI is InChI=1S/C6H10O3.C4H6O2.C3H4O2.Na/c1-5(2)6(8)9-4-3-7;1-3-4(5)6-2;1-2-3(4)5;/h7H,1,3-4H2,2H3;3H,1H2,2H3;2H,1H2,(H,4,5);/q;;;+1/p-1. The molecule has 0 aliphatic heterocycles. The van der Waals surface area contributed by atoms with Gasteiger partial charge in [0.2, 0.25) is 0 Å². The first kappa shape index (κ1) is 27.9. The van der Waals surface area contributed by atoms with Crippen molar-refractivity contribution in [1.82, 2.24) is 0 Å². The fourth-order valence-electron chi connectivity index (χ4n) is 0.345. The van der Waals surface area contributed by atoms with Crippen molar-refractivity contribution in [2.24, 2.45) is 0 Å². The van der Waals surface area contributed by atoms with Crippen molar-refractivity contribution in [2.45, 2.75) is 6.92 Å². The summed E-state index contributed by atoms with van der Waals surface area (Å²) in [5, 5.41) is 17.3. The summed E-state index contributed by atoms with van der Waals surface area (Å²) >= 11 is 0. The van der Waals surface area contributed by atoms with Gasteiger partial charge in [0.05, 0.1) is 19.7 Å². The van der Waals surface area contributed by atoms with Crippen LogP contribution < -0.4 is 34.7 Å². The molecule has 0 rings (SSSR count). The quantitative estimate of drug-likeness (QED) is 0.317. The molecule has 0 aromatic rings. The predicted octanol–water partition coefficient (Wildman–Crippen LogP) is -3.63. The molecular weight excluding hydrogens is 291 g/mol. The van der Waals surface area contributed by atoms with Gasteiger partial charge in [0.15, 0.2) is 0 Å². The minimum atomic E-state index is -1.23. The Hall–Kier alpha value is -1.41. The Bertz CT molecular complexity index is 350. The number of aliphatic carboxylic acids is 1. The molecule has 21 heavy (non-hydrogen) atoms. The van der Waals surface area contributed by atoms with Gasteiger partial charge in [-0.05, 0) is 13.0 Å². The summed E-state index contributed by atoms with van der Waals surface area (Å²) < 4.78 is 8.61. The van der Waals surface area contributed by atoms with E-state index in [9.17, 15) is 9.59 Å². The summed E-state index contributed by atoms with van der Waals surface area (Å²) in [5.74, 6) is -2.08. The van der Waals surface area contributed by atoms with Gasteiger partial charge in [0.25, 0.3) is 0 Å². The van der Waals surface area contributed by atoms with E-state index in [1.807, 2.05) is 0 Å². The summed E-state index contributed by atoms with van der Waals surface area (Å²) in [4.78, 5) is 29.4. The van der Waals surface area contributed by atoms with Gasteiger partial charge in [-0.25, -0.2) is 9.59 Å². The number of aliphatic hydroxyl groups is 1. The molecule has 1 N–H and O–H groups in total. The summed E-state index contributed by atoms with van der Waals surface area (Å²) in [6.07, 6.45) is 1.83. The van der Waals surface area contributed by atoms with Gasteiger partial charge in [-0.3, -0.25) is 0 Å². The van der Waals surface area contributed by atoms with Crippen LogP contribution in [0.15, 0.2) is 37.5 Å². The number of aliphatic hydroxyl groups excluding tert-OH is 1. The largest absolute Gasteiger partial charge is 1.00 e. The average Bonchev–Trinajstić information content (AvgIpc) is 2.44. The number of carbonyl (C=O) groups excluding carboxylic acids is 3. The van der Waals surface area contributed by atoms with Gasteiger partial charge in [0, 0.05) is 11.6 Å². The zero-order valence-electron chi connectivity index (χ0n) is 12.6. The van der Waals surface area contributed by atoms with Gasteiger partial charge in [-0.1, -0.05) is 19.7 Å². The van der Waals surface area contributed by atoms with Crippen molar-refractivity contribution >= 4 is 17.9 Å². The molecule has 0 fully saturated rings. The Balaban J connectivity index is -0.000000106. The van der Waals surface area contributed by atoms with Gasteiger partial charge in [-0.2, -0.15) is 0 Å². The average molecular weight is 310 g/mol. The first-order valence-corrected chi connectivity index (χ1v) is 5.24. The van der Waals surface area contributed by atoms with Crippen LogP contribution in [-0.4, -0.2) is 43.3 Å². The molecule has 0 bridgehead atoms. The number of carbonyl (C=O) groups is 3. The zero-order valence-corrected chi connectivity index (χ0v) is 14.6. The molecular formula is C13H19NaO7. The minimum Gasteiger partial charge on any atom is -0.545 e. The molecule has 0 radical (unpaired) electrons. The van der Waals surface area contributed by atoms with E-state index in [0.717, 1.165) is 12.2 Å². The number of carboxylic acid groups (broad SMARTS) is 1. The van der Waals surface area contributed by atoms with E-state index >= 15 is 0 Å². The minimum absolute atomic E-state index is 0. The molecule has 0 unspecified atom stereocenters. The second kappa shape index (κ2) is 20.9. The van der Waals surface area contributed by atoms with Crippen molar-refractivity contribution in [3.05, 3.63) is 37.5 Å². The summed E-state index contributed by atoms with van der Waals surface area (Å²) in [6.45, 7) is 10.9. The first-order valence-electron chi connectivity index (χ1n) is 5.24. The van der Waals surface area contributed by atoms with Crippen molar-refractivity contribution in [2.75, 3.05) is 20.3 Å². The van der Waals surface area contributed by atoms with Gasteiger partial charge >= 0.3 is 41.5 Å². The predicted molar refractivity (Wildman–Crippen MR) is 70.3 cm³/mol. The second-order valence-corrected chi connectivity index (χ2v) is 2.89. The Labute approximate surface area is 146 Å². The van der Waals surface area contributed by atoms with Crippen LogP contribution in [0.3, 0.4) is 0 Å². The van der Waals surface area contributed by atoms with Crippen molar-refractivity contribution < 1.29 is 63.6 Å². The number of carboxylic acids is 1. The van der Waals surface area contributed by atoms with Crippen LogP contribution in [-0.2, 0) is 23.9 Å². The molecule has 0 aromatic heterocycles. The number of esters is 2. The Kier molecular flexibility index (Phi) is 27.7. The Morgan fingerprint density at radius 1 is 1.24 bits per heavy atom. The Morgan fingerprint density at radius 3 is 1.81 bits per heavy atom. The molecule has 114 valence electrons. The number of hydrogen-bond donors (Lipinski definition) is 1. The molecule has 0 heterocycles. The maximum Gasteiger partial charge on any atom is 1.00 e. The van der Waals surface area contributed by atoms with Crippen LogP contribution in [0.2, 0.25) is 0 Å². The van der Waals surface area contributed by atoms with Crippen molar-refractivity contribution in [3.8, 4) is 0 Å². The van der Waals surface area contributed by atoms with Gasteiger partial charge in [0.1, 0.15) is 6.61 Å². The van der Waals surface area contributed by atoms with Crippen LogP contribution in [0.5, 0.6) is 0 Å². The van der Waals surface area contributed by atoms with E-state index in [1.165, 1.54) is 7.11 Å². The fraction of sp³-hybridized carbons (Fsp3) is 0.308. The molecule has 0 spiro atoms. The number of methoxy groups -OCH3 is 1. The third kappa shape index (κ3) is 32.3. The van der Waals surface area contributed by atoms with E-state index in [0.29, 0.717) is 5.57 Å². The van der Waals surface area contributed by atoms with Crippen LogP contribution in [0, 0.1) is 0 Å². The summed E-state index contributed by atoms with van der Waals surface area (Å²) in [7, 11) is 1.31. The molecule has 0 amide bonds. The SMILES string of the molecule is C=C(C)C(=O)OCCO.C=CC(=O)OC.C=CC(=O)[O-].[Na+]. The van der Waals surface area contributed by atoms with E-state index in [1.54, 1.807) is 6.92 Å². The van der Waals surface area contributed by atoms with E-state index < -0.39 is 17.9 Å². The van der Waals surface area contributed by atoms with Gasteiger partial charge < -0.3 is 24.5 Å². The van der Waals surface area contributed by atoms with Crippen LogP contribution in [0.25, 0.3) is 0 Å². The Morgan fingerprint density at radius 2 is 1.67 bits per heavy atom. The molecule has 7 nitrogen and oxygen atoms in total. The van der Waals surface area contributed by atoms with Crippen molar-refractivity contribution in [3.63, 3.8) is 0 Å². The molecule has 0 saturated carbocycles. The smallest absolute Gasteiger partial charge is 0.545 e. The van der Waals surface area contributed by atoms with Crippen LogP contribution in [0.1, 0.15) is 6.92 Å². The molecule has 0 atom stereocenters. The maximum atomic E-state index is 10.5. The van der Waals surface area contributed by atoms with E-state index in [-0.39, 0.29) is 42.8 Å². The third-order valence-corrected chi connectivity index (χ3v) is 1.21. The number of rotatable bonds is 5. The number of hydrogen-bond acceptors (Lipinski definition) is 7. The number of ether oxygens (including phenoxy) is 2. The van der Waals surface area contributed by atoms with Crippen LogP contribution >= 0.6 is 0 Å². The topological polar surface area (TPSA) is 113 Å². The second-order valence-electron chi connectivity index (χ2n) is 2.89. The van der Waals surface area contributed by atoms with E-state index in [4.69, 9.17) is 15.0 Å². The zero-order chi connectivity index (χ0) is 16.6. The third-order valence-electron chi connectivity index (χ3n) is 1.21. The molecule has 8 heteroatoms. The molecule has 0 aromatic carbocycles. The van der Waals surface area contributed by atoms with Crippen LogP contribution in [0.4, 0.5) is 0 Å². The summed E-state index contributed by atoms with van der Waals surface area (Å²) in [6, 6.07) is 0. The molecule has 0 aliphatic rings. The maximum absolute atomic E-state index is 10.5. The summed E-state index contributed by atoms with van der Waals surface area (Å²) in [5.41, 5.74) is 0.350.